The van der Waals surface area contributed by atoms with Crippen LogP contribution in [0.1, 0.15) is 6.92 Å². The molecule has 10 heteroatoms. The number of rotatable bonds is 5. The maximum Gasteiger partial charge on any atom is 0.187 e. The maximum atomic E-state index is 10.2. The molecule has 142 valence electrons. The van der Waals surface area contributed by atoms with Crippen molar-refractivity contribution in [1.29, 1.82) is 0 Å². The average molecular weight is 354 g/mol. The highest BCUT2D eigenvalue weighted by atomic mass is 16.7. The SMILES string of the molecule is COC1C(CO)OC(OC2C(CO)O[C@@H](C)C(O)C2O)C(O)C1O. The van der Waals surface area contributed by atoms with E-state index in [2.05, 4.69) is 0 Å². The van der Waals surface area contributed by atoms with Crippen LogP contribution in [0.3, 0.4) is 0 Å². The molecule has 6 N–H and O–H groups in total. The molecule has 2 saturated heterocycles. The largest absolute Gasteiger partial charge is 0.394 e. The minimum Gasteiger partial charge on any atom is -0.394 e. The molecule has 2 rings (SSSR count). The molecule has 9 unspecified atom stereocenters. The highest BCUT2D eigenvalue weighted by Gasteiger charge is 2.50. The Morgan fingerprint density at radius 2 is 1.33 bits per heavy atom. The summed E-state index contributed by atoms with van der Waals surface area (Å²) in [7, 11) is 1.30. The van der Waals surface area contributed by atoms with E-state index < -0.39 is 74.4 Å². The fraction of sp³-hybridized carbons (Fsp3) is 1.00. The summed E-state index contributed by atoms with van der Waals surface area (Å²) in [5.74, 6) is 0. The van der Waals surface area contributed by atoms with Crippen molar-refractivity contribution < 1.29 is 49.6 Å². The lowest BCUT2D eigenvalue weighted by atomic mass is 9.95. The lowest BCUT2D eigenvalue weighted by Crippen LogP contribution is -2.64. The molecule has 0 bridgehead atoms. The lowest BCUT2D eigenvalue weighted by Gasteiger charge is -2.46. The number of aliphatic hydroxyl groups is 6. The molecule has 2 heterocycles. The molecule has 2 fully saturated rings. The fourth-order valence-corrected chi connectivity index (χ4v) is 3.05. The third kappa shape index (κ3) is 3.73. The van der Waals surface area contributed by atoms with Gasteiger partial charge < -0.3 is 49.6 Å². The molecule has 0 aromatic heterocycles. The van der Waals surface area contributed by atoms with Gasteiger partial charge in [0.25, 0.3) is 0 Å². The fourth-order valence-electron chi connectivity index (χ4n) is 3.05. The van der Waals surface area contributed by atoms with Crippen molar-refractivity contribution in [3.8, 4) is 0 Å². The second kappa shape index (κ2) is 8.32. The minimum absolute atomic E-state index is 0.491. The molecule has 0 aromatic rings. The normalized spacial score (nSPS) is 50.0. The molecule has 0 spiro atoms. The highest BCUT2D eigenvalue weighted by molar-refractivity contribution is 4.95. The van der Waals surface area contributed by atoms with E-state index in [9.17, 15) is 30.6 Å². The quantitative estimate of drug-likeness (QED) is 0.290. The molecule has 24 heavy (non-hydrogen) atoms. The Labute approximate surface area is 139 Å². The summed E-state index contributed by atoms with van der Waals surface area (Å²) in [6.07, 6.45) is -11.8. The first kappa shape index (κ1) is 19.9. The Bertz CT molecular complexity index is 392. The van der Waals surface area contributed by atoms with Gasteiger partial charge in [-0.05, 0) is 6.92 Å². The maximum absolute atomic E-state index is 10.2. The highest BCUT2D eigenvalue weighted by Crippen LogP contribution is 2.29. The second-order valence-electron chi connectivity index (χ2n) is 6.05. The number of hydrogen-bond donors (Lipinski definition) is 6. The summed E-state index contributed by atoms with van der Waals surface area (Å²) in [6, 6.07) is 0. The molecule has 0 saturated carbocycles. The zero-order valence-electron chi connectivity index (χ0n) is 13.5. The Balaban J connectivity index is 2.12. The van der Waals surface area contributed by atoms with Crippen molar-refractivity contribution in [3.05, 3.63) is 0 Å². The van der Waals surface area contributed by atoms with Crippen LogP contribution in [0, 0.1) is 0 Å². The molecule has 0 aliphatic carbocycles. The van der Waals surface area contributed by atoms with Gasteiger partial charge in [-0.15, -0.1) is 0 Å². The Morgan fingerprint density at radius 1 is 0.792 bits per heavy atom. The average Bonchev–Trinajstić information content (AvgIpc) is 2.58. The van der Waals surface area contributed by atoms with Crippen molar-refractivity contribution in [1.82, 2.24) is 0 Å². The Hall–Kier alpha value is -0.400. The zero-order valence-corrected chi connectivity index (χ0v) is 13.5. The Morgan fingerprint density at radius 3 is 1.88 bits per heavy atom. The van der Waals surface area contributed by atoms with E-state index in [0.29, 0.717) is 0 Å². The van der Waals surface area contributed by atoms with Crippen molar-refractivity contribution >= 4 is 0 Å². The van der Waals surface area contributed by atoms with E-state index in [-0.39, 0.29) is 0 Å². The van der Waals surface area contributed by atoms with Gasteiger partial charge in [0.15, 0.2) is 6.29 Å². The predicted molar refractivity (Wildman–Crippen MR) is 76.9 cm³/mol. The topological polar surface area (TPSA) is 158 Å². The van der Waals surface area contributed by atoms with Crippen LogP contribution in [0.2, 0.25) is 0 Å². The van der Waals surface area contributed by atoms with Gasteiger partial charge in [0, 0.05) is 7.11 Å². The van der Waals surface area contributed by atoms with E-state index in [4.69, 9.17) is 18.9 Å². The smallest absolute Gasteiger partial charge is 0.187 e. The van der Waals surface area contributed by atoms with E-state index >= 15 is 0 Å². The van der Waals surface area contributed by atoms with E-state index in [1.165, 1.54) is 14.0 Å². The van der Waals surface area contributed by atoms with Gasteiger partial charge >= 0.3 is 0 Å². The van der Waals surface area contributed by atoms with Gasteiger partial charge in [0.05, 0.1) is 19.3 Å². The predicted octanol–water partition coefficient (Wildman–Crippen LogP) is -3.67. The van der Waals surface area contributed by atoms with Crippen LogP contribution in [0.15, 0.2) is 0 Å². The molecular formula is C14H26O10. The molecule has 0 amide bonds. The second-order valence-corrected chi connectivity index (χ2v) is 6.05. The van der Waals surface area contributed by atoms with Crippen molar-refractivity contribution in [2.75, 3.05) is 20.3 Å². The third-order valence-electron chi connectivity index (χ3n) is 4.49. The Kier molecular flexibility index (Phi) is 6.90. The van der Waals surface area contributed by atoms with E-state index in [1.54, 1.807) is 0 Å². The van der Waals surface area contributed by atoms with Crippen LogP contribution < -0.4 is 0 Å². The summed E-state index contributed by atoms with van der Waals surface area (Å²) in [4.78, 5) is 0. The van der Waals surface area contributed by atoms with E-state index in [1.807, 2.05) is 0 Å². The van der Waals surface area contributed by atoms with Gasteiger partial charge in [0.2, 0.25) is 0 Å². The molecular weight excluding hydrogens is 328 g/mol. The molecule has 0 radical (unpaired) electrons. The number of ether oxygens (including phenoxy) is 4. The molecule has 2 aliphatic rings. The summed E-state index contributed by atoms with van der Waals surface area (Å²) in [5, 5.41) is 59.0. The molecule has 10 nitrogen and oxygen atoms in total. The van der Waals surface area contributed by atoms with Crippen LogP contribution in [0.25, 0.3) is 0 Å². The first-order valence-electron chi connectivity index (χ1n) is 7.78. The van der Waals surface area contributed by atoms with Crippen LogP contribution in [0.5, 0.6) is 0 Å². The van der Waals surface area contributed by atoms with Crippen molar-refractivity contribution in [3.63, 3.8) is 0 Å². The van der Waals surface area contributed by atoms with Gasteiger partial charge in [0.1, 0.15) is 48.8 Å². The minimum atomic E-state index is -1.53. The monoisotopic (exact) mass is 354 g/mol. The zero-order chi connectivity index (χ0) is 18.0. The standard InChI is InChI=1S/C14H26O10/c1-5-8(17)9(18)13(7(4-16)22-5)24-14-11(20)10(19)12(21-2)6(3-15)23-14/h5-20H,3-4H2,1-2H3/t5-,6?,7?,8?,9?,10?,11?,12?,13?,14?/m0/s1. The van der Waals surface area contributed by atoms with Gasteiger partial charge in [-0.3, -0.25) is 0 Å². The third-order valence-corrected chi connectivity index (χ3v) is 4.49. The van der Waals surface area contributed by atoms with E-state index in [0.717, 1.165) is 0 Å². The van der Waals surface area contributed by atoms with Gasteiger partial charge in [-0.1, -0.05) is 0 Å². The van der Waals surface area contributed by atoms with Crippen LogP contribution >= 0.6 is 0 Å². The van der Waals surface area contributed by atoms with Crippen molar-refractivity contribution in [2.24, 2.45) is 0 Å². The number of aliphatic hydroxyl groups excluding tert-OH is 6. The van der Waals surface area contributed by atoms with Crippen LogP contribution in [-0.2, 0) is 18.9 Å². The first-order valence-corrected chi connectivity index (χ1v) is 7.78. The van der Waals surface area contributed by atoms with Crippen molar-refractivity contribution in [2.45, 2.75) is 68.1 Å². The summed E-state index contributed by atoms with van der Waals surface area (Å²) in [6.45, 7) is 0.552. The van der Waals surface area contributed by atoms with Gasteiger partial charge in [-0.25, -0.2) is 0 Å². The molecule has 2 aliphatic heterocycles. The number of methoxy groups -OCH3 is 1. The van der Waals surface area contributed by atoms with Crippen LogP contribution in [-0.4, -0.2) is 112 Å². The molecule has 0 aromatic carbocycles. The summed E-state index contributed by atoms with van der Waals surface area (Å²) in [5.41, 5.74) is 0. The summed E-state index contributed by atoms with van der Waals surface area (Å²) >= 11 is 0. The lowest BCUT2D eigenvalue weighted by molar-refractivity contribution is -0.343. The molecule has 10 atom stereocenters. The van der Waals surface area contributed by atoms with Gasteiger partial charge in [-0.2, -0.15) is 0 Å². The number of hydrogen-bond acceptors (Lipinski definition) is 10. The first-order chi connectivity index (χ1) is 11.3. The summed E-state index contributed by atoms with van der Waals surface area (Å²) < 4.78 is 21.2. The van der Waals surface area contributed by atoms with Crippen LogP contribution in [0.4, 0.5) is 0 Å².